The van der Waals surface area contributed by atoms with Crippen LogP contribution in [0.3, 0.4) is 0 Å². The second-order valence-corrected chi connectivity index (χ2v) is 6.23. The number of hydrogen-bond donors (Lipinski definition) is 2. The first-order valence-corrected chi connectivity index (χ1v) is 7.23. The number of sulfone groups is 1. The highest BCUT2D eigenvalue weighted by Gasteiger charge is 2.06. The Morgan fingerprint density at radius 2 is 2.18 bits per heavy atom. The molecule has 94 valence electrons. The maximum absolute atomic E-state index is 11.2. The molecule has 3 N–H and O–H groups in total. The molecule has 17 heavy (non-hydrogen) atoms. The van der Waals surface area contributed by atoms with Crippen LogP contribution in [0.25, 0.3) is 0 Å². The number of nitrogens with zero attached hydrogens (tertiary/aromatic N) is 2. The van der Waals surface area contributed by atoms with Crippen molar-refractivity contribution in [3.05, 3.63) is 18.1 Å². The molecule has 0 unspecified atom stereocenters. The van der Waals surface area contributed by atoms with Gasteiger partial charge in [0.05, 0.1) is 18.1 Å². The SMILES string of the molecule is CCS(=O)(=O)CCNc1cnc(C(N)=S)cn1. The Hall–Kier alpha value is -1.28. The number of thiocarbonyl (C=S) groups is 1. The lowest BCUT2D eigenvalue weighted by Crippen LogP contribution is -2.18. The summed E-state index contributed by atoms with van der Waals surface area (Å²) in [5.41, 5.74) is 5.81. The molecule has 0 radical (unpaired) electrons. The van der Waals surface area contributed by atoms with Gasteiger partial charge in [0.25, 0.3) is 0 Å². The van der Waals surface area contributed by atoms with E-state index in [4.69, 9.17) is 18.0 Å². The van der Waals surface area contributed by atoms with Gasteiger partial charge in [-0.25, -0.2) is 18.4 Å². The second kappa shape index (κ2) is 5.87. The third kappa shape index (κ3) is 4.61. The molecule has 6 nitrogen and oxygen atoms in total. The van der Waals surface area contributed by atoms with Crippen molar-refractivity contribution in [3.63, 3.8) is 0 Å². The minimum absolute atomic E-state index is 0.0717. The quantitative estimate of drug-likeness (QED) is 0.702. The third-order valence-electron chi connectivity index (χ3n) is 2.06. The molecule has 0 saturated carbocycles. The maximum atomic E-state index is 11.2. The van der Waals surface area contributed by atoms with E-state index in [1.165, 1.54) is 12.4 Å². The van der Waals surface area contributed by atoms with Gasteiger partial charge in [0.2, 0.25) is 0 Å². The highest BCUT2D eigenvalue weighted by Crippen LogP contribution is 2.01. The van der Waals surface area contributed by atoms with Gasteiger partial charge in [0, 0.05) is 12.3 Å². The van der Waals surface area contributed by atoms with Gasteiger partial charge in [0.15, 0.2) is 9.84 Å². The van der Waals surface area contributed by atoms with Gasteiger partial charge < -0.3 is 11.1 Å². The van der Waals surface area contributed by atoms with Crippen LogP contribution in [0, 0.1) is 0 Å². The number of nitrogens with two attached hydrogens (primary N) is 1. The first-order chi connectivity index (χ1) is 7.94. The molecule has 1 heterocycles. The molecule has 1 aromatic rings. The van der Waals surface area contributed by atoms with E-state index < -0.39 is 9.84 Å². The molecule has 0 aliphatic heterocycles. The lowest BCUT2D eigenvalue weighted by molar-refractivity contribution is 0.597. The monoisotopic (exact) mass is 274 g/mol. The lowest BCUT2D eigenvalue weighted by Gasteiger charge is -2.05. The average Bonchev–Trinajstić information content (AvgIpc) is 2.29. The summed E-state index contributed by atoms with van der Waals surface area (Å²) in [5, 5.41) is 2.86. The van der Waals surface area contributed by atoms with Crippen molar-refractivity contribution in [1.82, 2.24) is 9.97 Å². The second-order valence-electron chi connectivity index (χ2n) is 3.31. The fraction of sp³-hybridized carbons (Fsp3) is 0.444. The van der Waals surface area contributed by atoms with Crippen LogP contribution < -0.4 is 11.1 Å². The molecule has 0 atom stereocenters. The molecule has 1 rings (SSSR count). The summed E-state index contributed by atoms with van der Waals surface area (Å²) in [6.07, 6.45) is 2.91. The number of hydrogen-bond acceptors (Lipinski definition) is 6. The summed E-state index contributed by atoms with van der Waals surface area (Å²) >= 11 is 4.73. The predicted molar refractivity (Wildman–Crippen MR) is 70.7 cm³/mol. The molecule has 0 aliphatic rings. The average molecular weight is 274 g/mol. The van der Waals surface area contributed by atoms with Crippen LogP contribution in [-0.4, -0.2) is 41.4 Å². The van der Waals surface area contributed by atoms with E-state index in [9.17, 15) is 8.42 Å². The third-order valence-corrected chi connectivity index (χ3v) is 3.98. The summed E-state index contributed by atoms with van der Waals surface area (Å²) in [6, 6.07) is 0. The molecular weight excluding hydrogens is 260 g/mol. The Balaban J connectivity index is 2.51. The molecule has 0 fully saturated rings. The van der Waals surface area contributed by atoms with Gasteiger partial charge in [-0.1, -0.05) is 19.1 Å². The van der Waals surface area contributed by atoms with Gasteiger partial charge in [-0.05, 0) is 0 Å². The van der Waals surface area contributed by atoms with Crippen LogP contribution in [0.2, 0.25) is 0 Å². The number of aromatic nitrogens is 2. The zero-order valence-corrected chi connectivity index (χ0v) is 11.0. The van der Waals surface area contributed by atoms with E-state index in [0.29, 0.717) is 18.1 Å². The van der Waals surface area contributed by atoms with Crippen molar-refractivity contribution in [2.45, 2.75) is 6.92 Å². The fourth-order valence-electron chi connectivity index (χ4n) is 1.03. The number of anilines is 1. The van der Waals surface area contributed by atoms with E-state index in [2.05, 4.69) is 15.3 Å². The maximum Gasteiger partial charge on any atom is 0.151 e. The normalized spacial score (nSPS) is 11.1. The molecule has 0 saturated heterocycles. The van der Waals surface area contributed by atoms with Crippen LogP contribution in [0.15, 0.2) is 12.4 Å². The van der Waals surface area contributed by atoms with E-state index in [0.717, 1.165) is 0 Å². The molecular formula is C9H14N4O2S2. The van der Waals surface area contributed by atoms with E-state index in [1.54, 1.807) is 6.92 Å². The highest BCUT2D eigenvalue weighted by molar-refractivity contribution is 7.91. The van der Waals surface area contributed by atoms with Crippen molar-refractivity contribution in [1.29, 1.82) is 0 Å². The smallest absolute Gasteiger partial charge is 0.151 e. The Morgan fingerprint density at radius 3 is 2.65 bits per heavy atom. The number of nitrogens with one attached hydrogen (secondary N) is 1. The Bertz CT molecular complexity index is 484. The minimum Gasteiger partial charge on any atom is -0.388 e. The summed E-state index contributed by atoms with van der Waals surface area (Å²) in [4.78, 5) is 8.16. The Morgan fingerprint density at radius 1 is 1.47 bits per heavy atom. The van der Waals surface area contributed by atoms with Crippen molar-refractivity contribution in [2.75, 3.05) is 23.4 Å². The molecule has 0 bridgehead atoms. The lowest BCUT2D eigenvalue weighted by atomic mass is 10.4. The molecule has 0 amide bonds. The summed E-state index contributed by atoms with van der Waals surface area (Å²) in [7, 11) is -2.96. The first kappa shape index (κ1) is 13.8. The fourth-order valence-corrected chi connectivity index (χ4v) is 1.83. The van der Waals surface area contributed by atoms with E-state index in [-0.39, 0.29) is 16.5 Å². The predicted octanol–water partition coefficient (Wildman–Crippen LogP) is -0.0426. The summed E-state index contributed by atoms with van der Waals surface area (Å²) < 4.78 is 22.4. The molecule has 0 spiro atoms. The largest absolute Gasteiger partial charge is 0.388 e. The van der Waals surface area contributed by atoms with Crippen LogP contribution in [0.5, 0.6) is 0 Å². The van der Waals surface area contributed by atoms with E-state index in [1.807, 2.05) is 0 Å². The van der Waals surface area contributed by atoms with Crippen LogP contribution in [0.4, 0.5) is 5.82 Å². The van der Waals surface area contributed by atoms with Gasteiger partial charge in [0.1, 0.15) is 16.5 Å². The standard InChI is InChI=1S/C9H14N4O2S2/c1-2-17(14,15)4-3-11-8-6-12-7(5-13-8)9(10)16/h5-6H,2-4H2,1H3,(H2,10,16)(H,11,13). The van der Waals surface area contributed by atoms with Crippen LogP contribution >= 0.6 is 12.2 Å². The van der Waals surface area contributed by atoms with Crippen LogP contribution in [0.1, 0.15) is 12.6 Å². The molecule has 1 aromatic heterocycles. The van der Waals surface area contributed by atoms with Crippen LogP contribution in [-0.2, 0) is 9.84 Å². The first-order valence-electron chi connectivity index (χ1n) is 5.01. The van der Waals surface area contributed by atoms with Gasteiger partial charge >= 0.3 is 0 Å². The minimum atomic E-state index is -2.96. The highest BCUT2D eigenvalue weighted by atomic mass is 32.2. The Kier molecular flexibility index (Phi) is 4.76. The molecule has 0 aromatic carbocycles. The van der Waals surface area contributed by atoms with Crippen molar-refractivity contribution >= 4 is 32.9 Å². The van der Waals surface area contributed by atoms with E-state index >= 15 is 0 Å². The van der Waals surface area contributed by atoms with Gasteiger partial charge in [-0.2, -0.15) is 0 Å². The van der Waals surface area contributed by atoms with Gasteiger partial charge in [-0.15, -0.1) is 0 Å². The number of rotatable bonds is 6. The zero-order valence-electron chi connectivity index (χ0n) is 9.38. The van der Waals surface area contributed by atoms with Crippen molar-refractivity contribution in [2.24, 2.45) is 5.73 Å². The topological polar surface area (TPSA) is 98.0 Å². The summed E-state index contributed by atoms with van der Waals surface area (Å²) in [5.74, 6) is 0.708. The van der Waals surface area contributed by atoms with Crippen molar-refractivity contribution in [3.8, 4) is 0 Å². The Labute approximate surface area is 106 Å². The van der Waals surface area contributed by atoms with Crippen molar-refractivity contribution < 1.29 is 8.42 Å². The molecule has 0 aliphatic carbocycles. The summed E-state index contributed by atoms with van der Waals surface area (Å²) in [6.45, 7) is 1.92. The zero-order chi connectivity index (χ0) is 12.9. The van der Waals surface area contributed by atoms with Gasteiger partial charge in [-0.3, -0.25) is 0 Å². The molecule has 8 heteroatoms.